The minimum absolute atomic E-state index is 0.187. The zero-order chi connectivity index (χ0) is 11.4. The van der Waals surface area contributed by atoms with Crippen molar-refractivity contribution in [1.29, 1.82) is 0 Å². The van der Waals surface area contributed by atoms with Gasteiger partial charge in [-0.15, -0.1) is 0 Å². The van der Waals surface area contributed by atoms with Gasteiger partial charge in [-0.05, 0) is 42.5 Å². The van der Waals surface area contributed by atoms with Crippen LogP contribution in [0.4, 0.5) is 4.39 Å². The van der Waals surface area contributed by atoms with Crippen LogP contribution in [0.3, 0.4) is 0 Å². The highest BCUT2D eigenvalue weighted by atomic mass is 79.9. The summed E-state index contributed by atoms with van der Waals surface area (Å²) in [4.78, 5) is 0. The molecule has 0 aliphatic rings. The van der Waals surface area contributed by atoms with Gasteiger partial charge in [-0.25, -0.2) is 4.39 Å². The molecule has 0 bridgehead atoms. The molecule has 0 aliphatic carbocycles. The van der Waals surface area contributed by atoms with E-state index in [1.807, 2.05) is 6.07 Å². The Bertz CT molecular complexity index is 305. The summed E-state index contributed by atoms with van der Waals surface area (Å²) in [5.74, 6) is 0.277. The van der Waals surface area contributed by atoms with Crippen LogP contribution in [0.25, 0.3) is 0 Å². The first-order valence-electron chi connectivity index (χ1n) is 5.19. The van der Waals surface area contributed by atoms with Crippen LogP contribution in [0.5, 0.6) is 0 Å². The molecule has 0 fully saturated rings. The largest absolute Gasteiger partial charge is 0.327 e. The molecule has 0 saturated carbocycles. The molecule has 1 aromatic carbocycles. The highest BCUT2D eigenvalue weighted by Gasteiger charge is 2.08. The van der Waals surface area contributed by atoms with Gasteiger partial charge in [0.1, 0.15) is 5.82 Å². The molecule has 1 aromatic rings. The fourth-order valence-corrected chi connectivity index (χ4v) is 1.93. The zero-order valence-corrected chi connectivity index (χ0v) is 10.7. The van der Waals surface area contributed by atoms with Crippen molar-refractivity contribution < 1.29 is 4.39 Å². The first-order valence-corrected chi connectivity index (χ1v) is 5.99. The molecule has 1 unspecified atom stereocenters. The van der Waals surface area contributed by atoms with Crippen LogP contribution in [-0.2, 0) is 6.42 Å². The Morgan fingerprint density at radius 3 is 2.53 bits per heavy atom. The number of benzene rings is 1. The first-order chi connectivity index (χ1) is 6.99. The summed E-state index contributed by atoms with van der Waals surface area (Å²) < 4.78 is 13.8. The number of halogens is 2. The third-order valence-electron chi connectivity index (χ3n) is 2.54. The van der Waals surface area contributed by atoms with Crippen molar-refractivity contribution in [3.05, 3.63) is 34.1 Å². The summed E-state index contributed by atoms with van der Waals surface area (Å²) in [6, 6.07) is 5.16. The lowest BCUT2D eigenvalue weighted by atomic mass is 9.98. The van der Waals surface area contributed by atoms with Crippen molar-refractivity contribution in [3.8, 4) is 0 Å². The van der Waals surface area contributed by atoms with E-state index in [0.717, 1.165) is 22.9 Å². The van der Waals surface area contributed by atoms with Gasteiger partial charge >= 0.3 is 0 Å². The first kappa shape index (κ1) is 12.7. The van der Waals surface area contributed by atoms with Gasteiger partial charge in [0.2, 0.25) is 0 Å². The molecule has 1 nitrogen and oxygen atoms in total. The van der Waals surface area contributed by atoms with Gasteiger partial charge in [0.15, 0.2) is 0 Å². The standard InChI is InChI=1S/C12H17BrFN/c1-8(2)12(15)4-3-9-5-10(13)7-11(14)6-9/h5-8,12H,3-4,15H2,1-2H3. The number of aryl methyl sites for hydroxylation is 1. The number of hydrogen-bond acceptors (Lipinski definition) is 1. The molecule has 0 aliphatic heterocycles. The van der Waals surface area contributed by atoms with E-state index >= 15 is 0 Å². The smallest absolute Gasteiger partial charge is 0.124 e. The maximum atomic E-state index is 13.0. The van der Waals surface area contributed by atoms with Crippen LogP contribution in [0.15, 0.2) is 22.7 Å². The molecule has 3 heteroatoms. The van der Waals surface area contributed by atoms with E-state index in [1.54, 1.807) is 6.07 Å². The van der Waals surface area contributed by atoms with Crippen molar-refractivity contribution in [2.24, 2.45) is 11.7 Å². The van der Waals surface area contributed by atoms with E-state index in [0.29, 0.717) is 5.92 Å². The fourth-order valence-electron chi connectivity index (χ4n) is 1.42. The van der Waals surface area contributed by atoms with Crippen molar-refractivity contribution in [3.63, 3.8) is 0 Å². The maximum Gasteiger partial charge on any atom is 0.124 e. The predicted octanol–water partition coefficient (Wildman–Crippen LogP) is 3.50. The summed E-state index contributed by atoms with van der Waals surface area (Å²) in [5, 5.41) is 0. The normalized spacial score (nSPS) is 13.2. The van der Waals surface area contributed by atoms with Crippen molar-refractivity contribution in [2.45, 2.75) is 32.7 Å². The number of rotatable bonds is 4. The quantitative estimate of drug-likeness (QED) is 0.893. The van der Waals surface area contributed by atoms with E-state index in [1.165, 1.54) is 6.07 Å². The third kappa shape index (κ3) is 4.31. The Morgan fingerprint density at radius 2 is 2.00 bits per heavy atom. The highest BCUT2D eigenvalue weighted by molar-refractivity contribution is 9.10. The van der Waals surface area contributed by atoms with Crippen LogP contribution in [-0.4, -0.2) is 6.04 Å². The van der Waals surface area contributed by atoms with Gasteiger partial charge in [-0.1, -0.05) is 29.8 Å². The lowest BCUT2D eigenvalue weighted by Gasteiger charge is -2.15. The molecular weight excluding hydrogens is 257 g/mol. The molecule has 84 valence electrons. The molecule has 0 amide bonds. The Balaban J connectivity index is 2.57. The molecule has 2 N–H and O–H groups in total. The molecule has 0 radical (unpaired) electrons. The van der Waals surface area contributed by atoms with Gasteiger partial charge < -0.3 is 5.73 Å². The summed E-state index contributed by atoms with van der Waals surface area (Å²) in [6.45, 7) is 4.21. The van der Waals surface area contributed by atoms with Gasteiger partial charge in [-0.2, -0.15) is 0 Å². The maximum absolute atomic E-state index is 13.0. The second-order valence-corrected chi connectivity index (χ2v) is 5.14. The van der Waals surface area contributed by atoms with Crippen LogP contribution >= 0.6 is 15.9 Å². The van der Waals surface area contributed by atoms with Crippen LogP contribution < -0.4 is 5.73 Å². The van der Waals surface area contributed by atoms with E-state index in [4.69, 9.17) is 5.73 Å². The number of hydrogen-bond donors (Lipinski definition) is 1. The summed E-state index contributed by atoms with van der Waals surface area (Å²) >= 11 is 3.28. The monoisotopic (exact) mass is 273 g/mol. The summed E-state index contributed by atoms with van der Waals surface area (Å²) in [7, 11) is 0. The van der Waals surface area contributed by atoms with Crippen LogP contribution in [0, 0.1) is 11.7 Å². The van der Waals surface area contributed by atoms with Gasteiger partial charge in [-0.3, -0.25) is 0 Å². The van der Waals surface area contributed by atoms with Crippen LogP contribution in [0.2, 0.25) is 0 Å². The number of nitrogens with two attached hydrogens (primary N) is 1. The van der Waals surface area contributed by atoms with Crippen molar-refractivity contribution in [2.75, 3.05) is 0 Å². The minimum atomic E-state index is -0.197. The Morgan fingerprint density at radius 1 is 1.33 bits per heavy atom. The highest BCUT2D eigenvalue weighted by Crippen LogP contribution is 2.17. The fraction of sp³-hybridized carbons (Fsp3) is 0.500. The summed E-state index contributed by atoms with van der Waals surface area (Å²) in [5.41, 5.74) is 6.93. The molecule has 0 heterocycles. The average molecular weight is 274 g/mol. The van der Waals surface area contributed by atoms with Gasteiger partial charge in [0.25, 0.3) is 0 Å². The minimum Gasteiger partial charge on any atom is -0.327 e. The molecular formula is C12H17BrFN. The Kier molecular flexibility index (Phi) is 4.74. The Labute approximate surface area is 99.0 Å². The van der Waals surface area contributed by atoms with Crippen molar-refractivity contribution >= 4 is 15.9 Å². The SMILES string of the molecule is CC(C)C(N)CCc1cc(F)cc(Br)c1. The lowest BCUT2D eigenvalue weighted by Crippen LogP contribution is -2.26. The third-order valence-corrected chi connectivity index (χ3v) is 3.00. The topological polar surface area (TPSA) is 26.0 Å². The molecule has 1 rings (SSSR count). The second-order valence-electron chi connectivity index (χ2n) is 4.22. The zero-order valence-electron chi connectivity index (χ0n) is 9.13. The summed E-state index contributed by atoms with van der Waals surface area (Å²) in [6.07, 6.45) is 1.73. The van der Waals surface area contributed by atoms with E-state index in [2.05, 4.69) is 29.8 Å². The lowest BCUT2D eigenvalue weighted by molar-refractivity contribution is 0.464. The van der Waals surface area contributed by atoms with Gasteiger partial charge in [0.05, 0.1) is 0 Å². The van der Waals surface area contributed by atoms with E-state index in [9.17, 15) is 4.39 Å². The molecule has 0 spiro atoms. The van der Waals surface area contributed by atoms with Gasteiger partial charge in [0, 0.05) is 10.5 Å². The Hall–Kier alpha value is -0.410. The van der Waals surface area contributed by atoms with Crippen LogP contribution in [0.1, 0.15) is 25.8 Å². The molecule has 15 heavy (non-hydrogen) atoms. The molecule has 1 atom stereocenters. The average Bonchev–Trinajstić information content (AvgIpc) is 2.12. The van der Waals surface area contributed by atoms with E-state index < -0.39 is 0 Å². The second kappa shape index (κ2) is 5.61. The van der Waals surface area contributed by atoms with E-state index in [-0.39, 0.29) is 11.9 Å². The predicted molar refractivity (Wildman–Crippen MR) is 65.2 cm³/mol. The molecule has 0 aromatic heterocycles. The van der Waals surface area contributed by atoms with Crippen molar-refractivity contribution in [1.82, 2.24) is 0 Å². The molecule has 0 saturated heterocycles.